The lowest BCUT2D eigenvalue weighted by molar-refractivity contribution is -0.159. The molecule has 2 aliphatic heterocycles. The van der Waals surface area contributed by atoms with Gasteiger partial charge in [-0.25, -0.2) is 4.79 Å². The molecular weight excluding hydrogens is 502 g/mol. The number of ether oxygens (including phenoxy) is 1. The molecule has 3 unspecified atom stereocenters. The minimum Gasteiger partial charge on any atom is -0.467 e. The molecule has 40 heavy (non-hydrogen) atoms. The average molecular weight is 540 g/mol. The lowest BCUT2D eigenvalue weighted by Gasteiger charge is -2.42. The van der Waals surface area contributed by atoms with E-state index in [1.807, 2.05) is 68.4 Å². The van der Waals surface area contributed by atoms with Crippen molar-refractivity contribution >= 4 is 17.8 Å². The summed E-state index contributed by atoms with van der Waals surface area (Å²) in [5.74, 6) is -0.929. The van der Waals surface area contributed by atoms with E-state index in [4.69, 9.17) is 4.74 Å². The van der Waals surface area contributed by atoms with Crippen LogP contribution in [-0.2, 0) is 24.7 Å². The van der Waals surface area contributed by atoms with Gasteiger partial charge >= 0.3 is 5.97 Å². The Morgan fingerprint density at radius 1 is 0.800 bits per heavy atom. The molecule has 0 bridgehead atoms. The highest BCUT2D eigenvalue weighted by Gasteiger charge is 2.58. The molecule has 3 atom stereocenters. The van der Waals surface area contributed by atoms with Gasteiger partial charge in [0.15, 0.2) is 0 Å². The first-order valence-electron chi connectivity index (χ1n) is 13.9. The van der Waals surface area contributed by atoms with Crippen LogP contribution < -0.4 is 0 Å². The minimum atomic E-state index is -0.649. The first-order chi connectivity index (χ1) is 19.3. The van der Waals surface area contributed by atoms with Crippen molar-refractivity contribution in [1.29, 1.82) is 0 Å². The van der Waals surface area contributed by atoms with Gasteiger partial charge in [-0.15, -0.1) is 0 Å². The van der Waals surface area contributed by atoms with Gasteiger partial charge in [0.1, 0.15) is 12.1 Å². The zero-order valence-corrected chi connectivity index (χ0v) is 23.6. The number of amides is 2. The van der Waals surface area contributed by atoms with Crippen LogP contribution in [0, 0.1) is 11.8 Å². The summed E-state index contributed by atoms with van der Waals surface area (Å²) < 4.78 is 4.93. The van der Waals surface area contributed by atoms with Crippen molar-refractivity contribution in [3.8, 4) is 0 Å². The second-order valence-electron chi connectivity index (χ2n) is 11.1. The van der Waals surface area contributed by atoms with Crippen molar-refractivity contribution < 1.29 is 19.1 Å². The monoisotopic (exact) mass is 539 g/mol. The Hall–Kier alpha value is -3.97. The summed E-state index contributed by atoms with van der Waals surface area (Å²) in [7, 11) is 2.98. The van der Waals surface area contributed by atoms with Crippen LogP contribution in [0.15, 0.2) is 91.0 Å². The first kappa shape index (κ1) is 27.6. The Balaban J connectivity index is 1.37. The third-order valence-electron chi connectivity index (χ3n) is 8.28. The zero-order valence-electron chi connectivity index (χ0n) is 23.6. The number of rotatable bonds is 9. The van der Waals surface area contributed by atoms with Crippen molar-refractivity contribution in [1.82, 2.24) is 14.7 Å². The number of hydrogen-bond donors (Lipinski definition) is 0. The Morgan fingerprint density at radius 2 is 1.25 bits per heavy atom. The number of esters is 1. The van der Waals surface area contributed by atoms with E-state index in [9.17, 15) is 14.4 Å². The van der Waals surface area contributed by atoms with Crippen molar-refractivity contribution in [2.24, 2.45) is 11.8 Å². The highest BCUT2D eigenvalue weighted by molar-refractivity contribution is 5.91. The van der Waals surface area contributed by atoms with E-state index in [-0.39, 0.29) is 29.7 Å². The van der Waals surface area contributed by atoms with E-state index in [2.05, 4.69) is 41.3 Å². The smallest absolute Gasteiger partial charge is 0.328 e. The number of likely N-dealkylation sites (tertiary alicyclic amines) is 1. The van der Waals surface area contributed by atoms with E-state index >= 15 is 0 Å². The van der Waals surface area contributed by atoms with Crippen LogP contribution in [0.25, 0.3) is 0 Å². The van der Waals surface area contributed by atoms with Gasteiger partial charge in [0.25, 0.3) is 0 Å². The van der Waals surface area contributed by atoms with Crippen LogP contribution in [0.3, 0.4) is 0 Å². The molecule has 0 radical (unpaired) electrons. The highest BCUT2D eigenvalue weighted by Crippen LogP contribution is 2.48. The van der Waals surface area contributed by atoms with E-state index in [1.54, 1.807) is 11.9 Å². The van der Waals surface area contributed by atoms with E-state index in [0.717, 1.165) is 16.7 Å². The van der Waals surface area contributed by atoms with E-state index < -0.39 is 17.6 Å². The summed E-state index contributed by atoms with van der Waals surface area (Å²) in [6, 6.07) is 30.1. The van der Waals surface area contributed by atoms with Gasteiger partial charge in [-0.2, -0.15) is 0 Å². The molecule has 2 amide bonds. The van der Waals surface area contributed by atoms with Gasteiger partial charge in [-0.3, -0.25) is 14.5 Å². The van der Waals surface area contributed by atoms with Crippen molar-refractivity contribution in [3.63, 3.8) is 0 Å². The van der Waals surface area contributed by atoms with Gasteiger partial charge in [0, 0.05) is 26.7 Å². The molecule has 7 nitrogen and oxygen atoms in total. The van der Waals surface area contributed by atoms with E-state index in [1.165, 1.54) is 12.0 Å². The molecule has 2 saturated heterocycles. The predicted molar refractivity (Wildman–Crippen MR) is 153 cm³/mol. The van der Waals surface area contributed by atoms with Crippen LogP contribution in [-0.4, -0.2) is 78.4 Å². The van der Waals surface area contributed by atoms with Crippen LogP contribution in [0.2, 0.25) is 0 Å². The van der Waals surface area contributed by atoms with Gasteiger partial charge in [0.2, 0.25) is 11.8 Å². The maximum atomic E-state index is 13.8. The van der Waals surface area contributed by atoms with Gasteiger partial charge in [-0.1, -0.05) is 105 Å². The fourth-order valence-electron chi connectivity index (χ4n) is 6.21. The number of methoxy groups -OCH3 is 1. The first-order valence-corrected chi connectivity index (χ1v) is 13.9. The average Bonchev–Trinajstić information content (AvgIpc) is 3.75. The summed E-state index contributed by atoms with van der Waals surface area (Å²) in [6.07, 6.45) is 0. The number of nitrogens with zero attached hydrogens (tertiary/aromatic N) is 3. The maximum absolute atomic E-state index is 13.8. The number of benzene rings is 3. The molecule has 0 spiro atoms. The lowest BCUT2D eigenvalue weighted by atomic mass is 9.76. The minimum absolute atomic E-state index is 0.0345. The largest absolute Gasteiger partial charge is 0.467 e. The Morgan fingerprint density at radius 3 is 1.65 bits per heavy atom. The predicted octanol–water partition coefficient (Wildman–Crippen LogP) is 3.78. The Kier molecular flexibility index (Phi) is 7.76. The number of carbonyl (C=O) groups excluding carboxylic acids is 3. The third-order valence-corrected chi connectivity index (χ3v) is 8.28. The fraction of sp³-hybridized carbons (Fsp3) is 0.364. The molecule has 2 fully saturated rings. The van der Waals surface area contributed by atoms with Crippen molar-refractivity contribution in [2.75, 3.05) is 33.8 Å². The molecule has 0 N–H and O–H groups in total. The molecule has 5 rings (SSSR count). The van der Waals surface area contributed by atoms with Crippen molar-refractivity contribution in [3.05, 3.63) is 108 Å². The second kappa shape index (κ2) is 11.3. The third kappa shape index (κ3) is 4.79. The number of carbonyl (C=O) groups is 3. The van der Waals surface area contributed by atoms with Crippen LogP contribution in [0.5, 0.6) is 0 Å². The molecule has 0 aliphatic carbocycles. The molecule has 3 aromatic carbocycles. The summed E-state index contributed by atoms with van der Waals surface area (Å²) in [4.78, 5) is 44.8. The number of hydrogen-bond acceptors (Lipinski definition) is 5. The van der Waals surface area contributed by atoms with Gasteiger partial charge < -0.3 is 14.5 Å². The summed E-state index contributed by atoms with van der Waals surface area (Å²) in [5, 5.41) is 0. The van der Waals surface area contributed by atoms with Gasteiger partial charge in [0.05, 0.1) is 18.6 Å². The molecule has 2 heterocycles. The van der Waals surface area contributed by atoms with Crippen LogP contribution in [0.4, 0.5) is 0 Å². The maximum Gasteiger partial charge on any atom is 0.328 e. The molecular formula is C33H37N3O4. The van der Waals surface area contributed by atoms with E-state index in [0.29, 0.717) is 19.6 Å². The van der Waals surface area contributed by atoms with Crippen molar-refractivity contribution in [2.45, 2.75) is 31.5 Å². The van der Waals surface area contributed by atoms with Gasteiger partial charge in [-0.05, 0) is 22.6 Å². The number of likely N-dealkylation sites (N-methyl/N-ethyl adjacent to an activating group) is 1. The SMILES string of the molecule is COC(=O)C(C(C)C)N(C)C(=O)C1CN(C(=O)C2CN2C(c2ccccc2)(c2ccccc2)c2ccccc2)C1. The molecule has 0 aromatic heterocycles. The van der Waals surface area contributed by atoms with Crippen LogP contribution in [0.1, 0.15) is 30.5 Å². The quantitative estimate of drug-likeness (QED) is 0.235. The topological polar surface area (TPSA) is 69.9 Å². The zero-order chi connectivity index (χ0) is 28.4. The molecule has 3 aromatic rings. The lowest BCUT2D eigenvalue weighted by Crippen LogP contribution is -2.59. The summed E-state index contributed by atoms with van der Waals surface area (Å²) in [6.45, 7) is 5.11. The Bertz CT molecular complexity index is 1240. The molecule has 2 aliphatic rings. The Labute approximate surface area is 236 Å². The standard InChI is InChI=1S/C33H37N3O4/c1-23(2)29(32(39)40-4)34(3)30(37)24-20-35(21-24)31(38)28-22-36(28)33(25-14-8-5-9-15-25,26-16-10-6-11-17-26)27-18-12-7-13-19-27/h5-19,23-24,28-29H,20-22H2,1-4H3. The normalized spacial score (nSPS) is 19.5. The highest BCUT2D eigenvalue weighted by atomic mass is 16.5. The molecule has 0 saturated carbocycles. The second-order valence-corrected chi connectivity index (χ2v) is 11.1. The fourth-order valence-corrected chi connectivity index (χ4v) is 6.21. The molecule has 7 heteroatoms. The summed E-state index contributed by atoms with van der Waals surface area (Å²) >= 11 is 0. The van der Waals surface area contributed by atoms with Crippen LogP contribution >= 0.6 is 0 Å². The summed E-state index contributed by atoms with van der Waals surface area (Å²) in [5.41, 5.74) is 2.67. The molecule has 208 valence electrons.